The van der Waals surface area contributed by atoms with E-state index in [-0.39, 0.29) is 23.7 Å². The van der Waals surface area contributed by atoms with E-state index in [1.807, 2.05) is 6.92 Å². The summed E-state index contributed by atoms with van der Waals surface area (Å²) in [6, 6.07) is 0. The summed E-state index contributed by atoms with van der Waals surface area (Å²) >= 11 is 0. The molecule has 128 valence electrons. The monoisotopic (exact) mass is 336 g/mol. The second kappa shape index (κ2) is 6.26. The smallest absolute Gasteiger partial charge is 0.282 e. The van der Waals surface area contributed by atoms with E-state index in [0.717, 1.165) is 25.7 Å². The summed E-state index contributed by atoms with van der Waals surface area (Å²) in [6.07, 6.45) is 4.75. The number of fused-ring (bicyclic) bond motifs is 1. The lowest BCUT2D eigenvalue weighted by molar-refractivity contribution is -0.126. The van der Waals surface area contributed by atoms with Gasteiger partial charge in [-0.3, -0.25) is 19.0 Å². The van der Waals surface area contributed by atoms with E-state index in [0.29, 0.717) is 0 Å². The molecule has 1 fully saturated rings. The molecule has 0 bridgehead atoms. The molecule has 1 aliphatic carbocycles. The number of nitrogens with zero attached hydrogens (tertiary/aromatic N) is 3. The normalized spacial score (nSPS) is 16.7. The van der Waals surface area contributed by atoms with Gasteiger partial charge in [-0.25, -0.2) is 13.8 Å². The third-order valence-corrected chi connectivity index (χ3v) is 4.67. The molecule has 0 aromatic carbocycles. The van der Waals surface area contributed by atoms with E-state index < -0.39 is 23.4 Å². The van der Waals surface area contributed by atoms with Crippen LogP contribution < -0.4 is 5.32 Å². The Morgan fingerprint density at radius 2 is 2.08 bits per heavy atom. The van der Waals surface area contributed by atoms with Gasteiger partial charge >= 0.3 is 0 Å². The number of nitrogens with one attached hydrogen (secondary N) is 1. The van der Waals surface area contributed by atoms with Gasteiger partial charge in [0.15, 0.2) is 11.4 Å². The van der Waals surface area contributed by atoms with Crippen molar-refractivity contribution in [1.82, 2.24) is 19.7 Å². The van der Waals surface area contributed by atoms with Crippen molar-refractivity contribution in [2.24, 2.45) is 5.41 Å². The summed E-state index contributed by atoms with van der Waals surface area (Å²) in [7, 11) is 0. The summed E-state index contributed by atoms with van der Waals surface area (Å²) in [6.45, 7) is 1.72. The van der Waals surface area contributed by atoms with E-state index >= 15 is 0 Å². The van der Waals surface area contributed by atoms with Crippen LogP contribution in [0.4, 0.5) is 8.78 Å². The van der Waals surface area contributed by atoms with E-state index in [1.54, 1.807) is 0 Å². The SMILES string of the molecule is CC1(C(=O)CNC(=O)c2c(C(F)F)nc3cnccn23)CCCC1. The second-order valence-corrected chi connectivity index (χ2v) is 6.32. The molecule has 0 radical (unpaired) electrons. The lowest BCUT2D eigenvalue weighted by atomic mass is 9.84. The zero-order valence-electron chi connectivity index (χ0n) is 13.3. The lowest BCUT2D eigenvalue weighted by Crippen LogP contribution is -2.37. The number of aromatic nitrogens is 3. The minimum Gasteiger partial charge on any atom is -0.344 e. The molecule has 3 rings (SSSR count). The van der Waals surface area contributed by atoms with Gasteiger partial charge in [-0.2, -0.15) is 0 Å². The van der Waals surface area contributed by atoms with Gasteiger partial charge in [0.05, 0.1) is 12.7 Å². The van der Waals surface area contributed by atoms with Crippen LogP contribution in [0, 0.1) is 5.41 Å². The Kier molecular flexibility index (Phi) is 4.29. The number of carbonyl (C=O) groups excluding carboxylic acids is 2. The first-order valence-electron chi connectivity index (χ1n) is 7.84. The van der Waals surface area contributed by atoms with Crippen LogP contribution in [-0.2, 0) is 4.79 Å². The molecule has 1 aliphatic rings. The molecule has 24 heavy (non-hydrogen) atoms. The Balaban J connectivity index is 1.81. The topological polar surface area (TPSA) is 76.4 Å². The van der Waals surface area contributed by atoms with E-state index in [9.17, 15) is 18.4 Å². The Hall–Kier alpha value is -2.38. The lowest BCUT2D eigenvalue weighted by Gasteiger charge is -2.21. The number of halogens is 2. The predicted octanol–water partition coefficient (Wildman–Crippen LogP) is 2.55. The molecule has 6 nitrogen and oxygen atoms in total. The quantitative estimate of drug-likeness (QED) is 0.910. The number of alkyl halides is 2. The van der Waals surface area contributed by atoms with Gasteiger partial charge in [-0.05, 0) is 12.8 Å². The predicted molar refractivity (Wildman–Crippen MR) is 81.9 cm³/mol. The average Bonchev–Trinajstić information content (AvgIpc) is 3.17. The molecule has 1 N–H and O–H groups in total. The van der Waals surface area contributed by atoms with Gasteiger partial charge in [0.1, 0.15) is 11.4 Å². The van der Waals surface area contributed by atoms with Gasteiger partial charge < -0.3 is 5.32 Å². The third kappa shape index (κ3) is 2.88. The first kappa shape index (κ1) is 16.5. The number of ketones is 1. The fourth-order valence-electron chi connectivity index (χ4n) is 3.19. The first-order chi connectivity index (χ1) is 11.4. The highest BCUT2D eigenvalue weighted by molar-refractivity contribution is 5.98. The molecule has 0 atom stereocenters. The molecule has 0 unspecified atom stereocenters. The summed E-state index contributed by atoms with van der Waals surface area (Å²) in [5.41, 5.74) is -1.14. The van der Waals surface area contributed by atoms with Crippen LogP contribution in [0.25, 0.3) is 5.65 Å². The summed E-state index contributed by atoms with van der Waals surface area (Å²) in [4.78, 5) is 32.3. The number of carbonyl (C=O) groups is 2. The highest BCUT2D eigenvalue weighted by Gasteiger charge is 2.36. The highest BCUT2D eigenvalue weighted by atomic mass is 19.3. The van der Waals surface area contributed by atoms with Crippen molar-refractivity contribution >= 4 is 17.3 Å². The van der Waals surface area contributed by atoms with Crippen LogP contribution in [0.1, 0.15) is 55.2 Å². The fraction of sp³-hybridized carbons (Fsp3) is 0.500. The van der Waals surface area contributed by atoms with Gasteiger partial charge in [0.2, 0.25) is 0 Å². The summed E-state index contributed by atoms with van der Waals surface area (Å²) < 4.78 is 27.6. The average molecular weight is 336 g/mol. The molecule has 2 heterocycles. The van der Waals surface area contributed by atoms with Crippen molar-refractivity contribution in [3.05, 3.63) is 30.0 Å². The van der Waals surface area contributed by atoms with Crippen LogP contribution >= 0.6 is 0 Å². The minimum absolute atomic E-state index is 0.0672. The number of hydrogen-bond acceptors (Lipinski definition) is 4. The van der Waals surface area contributed by atoms with E-state index in [2.05, 4.69) is 15.3 Å². The van der Waals surface area contributed by atoms with Crippen LogP contribution in [0.5, 0.6) is 0 Å². The Morgan fingerprint density at radius 3 is 2.75 bits per heavy atom. The number of amides is 1. The molecule has 1 saturated carbocycles. The largest absolute Gasteiger partial charge is 0.344 e. The van der Waals surface area contributed by atoms with Crippen LogP contribution in [0.3, 0.4) is 0 Å². The molecule has 2 aromatic rings. The maximum Gasteiger partial charge on any atom is 0.282 e. The number of hydrogen-bond donors (Lipinski definition) is 1. The molecule has 0 spiro atoms. The summed E-state index contributed by atoms with van der Waals surface area (Å²) in [5.74, 6) is -0.804. The van der Waals surface area contributed by atoms with Gasteiger partial charge in [-0.1, -0.05) is 19.8 Å². The maximum absolute atomic E-state index is 13.2. The maximum atomic E-state index is 13.2. The number of imidazole rings is 1. The van der Waals surface area contributed by atoms with Crippen LogP contribution in [0.2, 0.25) is 0 Å². The highest BCUT2D eigenvalue weighted by Crippen LogP contribution is 2.38. The standard InChI is InChI=1S/C16H18F2N4O2/c1-16(4-2-3-5-16)10(23)8-20-15(24)13-12(14(17)18)21-11-9-19-6-7-22(11)13/h6-7,9,14H,2-5,8H2,1H3,(H,20,24). The van der Waals surface area contributed by atoms with Crippen molar-refractivity contribution in [3.8, 4) is 0 Å². The summed E-state index contributed by atoms with van der Waals surface area (Å²) in [5, 5.41) is 2.47. The van der Waals surface area contributed by atoms with Crippen molar-refractivity contribution in [3.63, 3.8) is 0 Å². The Labute approximate surface area is 137 Å². The Morgan fingerprint density at radius 1 is 1.38 bits per heavy atom. The van der Waals surface area contributed by atoms with Crippen molar-refractivity contribution in [2.45, 2.75) is 39.0 Å². The van der Waals surface area contributed by atoms with Crippen molar-refractivity contribution in [2.75, 3.05) is 6.54 Å². The molecule has 2 aromatic heterocycles. The fourth-order valence-corrected chi connectivity index (χ4v) is 3.19. The molecule has 0 saturated heterocycles. The van der Waals surface area contributed by atoms with Gasteiger partial charge in [0.25, 0.3) is 12.3 Å². The Bertz CT molecular complexity index is 781. The van der Waals surface area contributed by atoms with Gasteiger partial charge in [0, 0.05) is 17.8 Å². The minimum atomic E-state index is -2.89. The molecular weight excluding hydrogens is 318 g/mol. The first-order valence-corrected chi connectivity index (χ1v) is 7.84. The molecule has 0 aliphatic heterocycles. The zero-order valence-corrected chi connectivity index (χ0v) is 13.3. The molecule has 1 amide bonds. The van der Waals surface area contributed by atoms with E-state index in [1.165, 1.54) is 23.0 Å². The van der Waals surface area contributed by atoms with Gasteiger partial charge in [-0.15, -0.1) is 0 Å². The van der Waals surface area contributed by atoms with Crippen molar-refractivity contribution in [1.29, 1.82) is 0 Å². The van der Waals surface area contributed by atoms with Crippen molar-refractivity contribution < 1.29 is 18.4 Å². The van der Waals surface area contributed by atoms with Crippen LogP contribution in [-0.4, -0.2) is 32.6 Å². The number of Topliss-reactive ketones (excluding diaryl/α,β-unsaturated/α-hetero) is 1. The van der Waals surface area contributed by atoms with E-state index in [4.69, 9.17) is 0 Å². The third-order valence-electron chi connectivity index (χ3n) is 4.67. The molecular formula is C16H18F2N4O2. The molecule has 8 heteroatoms. The number of rotatable bonds is 5. The second-order valence-electron chi connectivity index (χ2n) is 6.32. The van der Waals surface area contributed by atoms with Crippen LogP contribution in [0.15, 0.2) is 18.6 Å². The zero-order chi connectivity index (χ0) is 17.3.